The number of carbonyl (C=O) groups excluding carboxylic acids is 1. The van der Waals surface area contributed by atoms with E-state index in [-0.39, 0.29) is 11.4 Å². The van der Waals surface area contributed by atoms with Crippen molar-refractivity contribution in [2.75, 3.05) is 20.3 Å². The quantitative estimate of drug-likeness (QED) is 0.771. The molecule has 0 atom stereocenters. The zero-order valence-corrected chi connectivity index (χ0v) is 11.5. The molecule has 1 saturated heterocycles. The summed E-state index contributed by atoms with van der Waals surface area (Å²) in [5.74, 6) is -0.169. The largest absolute Gasteiger partial charge is 0.469 e. The maximum absolute atomic E-state index is 11.6. The molecule has 2 rings (SSSR count). The van der Waals surface area contributed by atoms with E-state index in [9.17, 15) is 4.79 Å². The minimum Gasteiger partial charge on any atom is -0.469 e. The van der Waals surface area contributed by atoms with E-state index in [0.29, 0.717) is 19.6 Å². The Morgan fingerprint density at radius 2 is 1.83 bits per heavy atom. The molecule has 1 aliphatic heterocycles. The summed E-state index contributed by atoms with van der Waals surface area (Å²) < 4.78 is 10.2. The van der Waals surface area contributed by atoms with E-state index in [1.807, 2.05) is 0 Å². The first kappa shape index (κ1) is 13.1. The lowest BCUT2D eigenvalue weighted by molar-refractivity contribution is -0.148. The highest BCUT2D eigenvalue weighted by molar-refractivity contribution is 5.72. The Bertz CT molecular complexity index is 450. The number of ether oxygens (including phenoxy) is 2. The van der Waals surface area contributed by atoms with Crippen LogP contribution in [0.1, 0.15) is 28.7 Å². The monoisotopic (exact) mass is 248 g/mol. The molecule has 1 aliphatic rings. The van der Waals surface area contributed by atoms with Gasteiger partial charge in [-0.2, -0.15) is 0 Å². The van der Waals surface area contributed by atoms with Gasteiger partial charge < -0.3 is 9.47 Å². The fourth-order valence-electron chi connectivity index (χ4n) is 3.05. The molecule has 0 aromatic heterocycles. The van der Waals surface area contributed by atoms with Gasteiger partial charge in [0.2, 0.25) is 0 Å². The molecule has 1 fully saturated rings. The van der Waals surface area contributed by atoms with E-state index in [1.54, 1.807) is 0 Å². The van der Waals surface area contributed by atoms with E-state index < -0.39 is 0 Å². The number of methoxy groups -OCH3 is 1. The molecule has 0 spiro atoms. The van der Waals surface area contributed by atoms with Crippen LogP contribution in [-0.2, 0) is 19.7 Å². The Balaban J connectivity index is 2.42. The molecular formula is C15H20O3. The van der Waals surface area contributed by atoms with Crippen LogP contribution < -0.4 is 0 Å². The van der Waals surface area contributed by atoms with Crippen molar-refractivity contribution in [3.8, 4) is 0 Å². The van der Waals surface area contributed by atoms with Crippen LogP contribution in [0.25, 0.3) is 0 Å². The molecule has 1 aromatic rings. The molecule has 0 bridgehead atoms. The molecule has 18 heavy (non-hydrogen) atoms. The number of hydrogen-bond donors (Lipinski definition) is 0. The molecule has 0 N–H and O–H groups in total. The first-order valence-corrected chi connectivity index (χ1v) is 6.21. The van der Waals surface area contributed by atoms with Gasteiger partial charge in [0.25, 0.3) is 0 Å². The van der Waals surface area contributed by atoms with Gasteiger partial charge in [0.05, 0.1) is 32.2 Å². The summed E-state index contributed by atoms with van der Waals surface area (Å²) >= 11 is 0. The van der Waals surface area contributed by atoms with Crippen LogP contribution in [0.2, 0.25) is 0 Å². The molecule has 3 nitrogen and oxygen atoms in total. The third-order valence-electron chi connectivity index (χ3n) is 3.67. The Kier molecular flexibility index (Phi) is 3.44. The average Bonchev–Trinajstić information content (AvgIpc) is 2.23. The second kappa shape index (κ2) is 4.73. The Morgan fingerprint density at radius 1 is 1.28 bits per heavy atom. The number of carbonyl (C=O) groups is 1. The number of rotatable bonds is 3. The van der Waals surface area contributed by atoms with Crippen LogP contribution in [0.3, 0.4) is 0 Å². The highest BCUT2D eigenvalue weighted by Gasteiger charge is 2.44. The van der Waals surface area contributed by atoms with Crippen molar-refractivity contribution >= 4 is 5.97 Å². The summed E-state index contributed by atoms with van der Waals surface area (Å²) in [4.78, 5) is 11.6. The lowest BCUT2D eigenvalue weighted by Gasteiger charge is -2.43. The summed E-state index contributed by atoms with van der Waals surface area (Å²) in [5.41, 5.74) is 4.79. The van der Waals surface area contributed by atoms with Crippen LogP contribution in [0.15, 0.2) is 12.1 Å². The fraction of sp³-hybridized carbons (Fsp3) is 0.533. The van der Waals surface area contributed by atoms with E-state index in [1.165, 1.54) is 29.4 Å². The van der Waals surface area contributed by atoms with Crippen LogP contribution >= 0.6 is 0 Å². The summed E-state index contributed by atoms with van der Waals surface area (Å²) in [7, 11) is 1.43. The van der Waals surface area contributed by atoms with Crippen molar-refractivity contribution < 1.29 is 14.3 Å². The van der Waals surface area contributed by atoms with E-state index in [0.717, 1.165) is 0 Å². The van der Waals surface area contributed by atoms with Crippen molar-refractivity contribution in [2.24, 2.45) is 0 Å². The zero-order valence-electron chi connectivity index (χ0n) is 11.5. The highest BCUT2D eigenvalue weighted by atomic mass is 16.5. The van der Waals surface area contributed by atoms with Crippen molar-refractivity contribution in [3.63, 3.8) is 0 Å². The fourth-order valence-corrected chi connectivity index (χ4v) is 3.05. The topological polar surface area (TPSA) is 35.5 Å². The Hall–Kier alpha value is -1.35. The molecular weight excluding hydrogens is 228 g/mol. The van der Waals surface area contributed by atoms with Crippen molar-refractivity contribution in [1.82, 2.24) is 0 Å². The second-order valence-electron chi connectivity index (χ2n) is 5.30. The summed E-state index contributed by atoms with van der Waals surface area (Å²) in [6, 6.07) is 4.33. The van der Waals surface area contributed by atoms with Crippen LogP contribution in [-0.4, -0.2) is 26.3 Å². The maximum atomic E-state index is 11.6. The minimum absolute atomic E-state index is 0.169. The van der Waals surface area contributed by atoms with Gasteiger partial charge in [0, 0.05) is 0 Å². The van der Waals surface area contributed by atoms with Crippen molar-refractivity contribution in [2.45, 2.75) is 32.6 Å². The van der Waals surface area contributed by atoms with Crippen LogP contribution in [0.5, 0.6) is 0 Å². The number of hydrogen-bond acceptors (Lipinski definition) is 3. The third kappa shape index (κ3) is 2.15. The van der Waals surface area contributed by atoms with Gasteiger partial charge in [0.1, 0.15) is 0 Å². The molecule has 0 saturated carbocycles. The van der Waals surface area contributed by atoms with Gasteiger partial charge in [-0.25, -0.2) is 0 Å². The zero-order chi connectivity index (χ0) is 13.3. The lowest BCUT2D eigenvalue weighted by Crippen LogP contribution is -2.49. The van der Waals surface area contributed by atoms with Gasteiger partial charge in [0.15, 0.2) is 0 Å². The van der Waals surface area contributed by atoms with E-state index in [2.05, 4.69) is 32.9 Å². The summed E-state index contributed by atoms with van der Waals surface area (Å²) in [6.07, 6.45) is 0.397. The van der Waals surface area contributed by atoms with Gasteiger partial charge in [-0.15, -0.1) is 0 Å². The lowest BCUT2D eigenvalue weighted by atomic mass is 9.72. The van der Waals surface area contributed by atoms with Crippen molar-refractivity contribution in [3.05, 3.63) is 34.4 Å². The first-order chi connectivity index (χ1) is 8.48. The van der Waals surface area contributed by atoms with Gasteiger partial charge in [-0.3, -0.25) is 4.79 Å². The normalized spacial score (nSPS) is 17.1. The van der Waals surface area contributed by atoms with Gasteiger partial charge in [-0.05, 0) is 37.5 Å². The maximum Gasteiger partial charge on any atom is 0.306 e. The molecule has 98 valence electrons. The molecule has 0 unspecified atom stereocenters. The molecule has 0 amide bonds. The van der Waals surface area contributed by atoms with Crippen LogP contribution in [0, 0.1) is 20.8 Å². The number of benzene rings is 1. The average molecular weight is 248 g/mol. The Labute approximate surface area is 108 Å². The van der Waals surface area contributed by atoms with Crippen molar-refractivity contribution in [1.29, 1.82) is 0 Å². The first-order valence-electron chi connectivity index (χ1n) is 6.21. The molecule has 1 heterocycles. The standard InChI is InChI=1S/C15H20O3/c1-10-5-11(2)14(12(3)6-10)15(8-18-9-15)7-13(16)17-4/h5-6H,7-9H2,1-4H3. The molecule has 3 heteroatoms. The van der Waals surface area contributed by atoms with Gasteiger partial charge >= 0.3 is 5.97 Å². The minimum atomic E-state index is -0.186. The predicted octanol–water partition coefficient (Wildman–Crippen LogP) is 2.44. The number of esters is 1. The second-order valence-corrected chi connectivity index (χ2v) is 5.30. The smallest absolute Gasteiger partial charge is 0.306 e. The Morgan fingerprint density at radius 3 is 2.22 bits per heavy atom. The van der Waals surface area contributed by atoms with E-state index >= 15 is 0 Å². The molecule has 0 aliphatic carbocycles. The predicted molar refractivity (Wildman–Crippen MR) is 69.8 cm³/mol. The molecule has 1 aromatic carbocycles. The summed E-state index contributed by atoms with van der Waals surface area (Å²) in [6.45, 7) is 7.51. The highest BCUT2D eigenvalue weighted by Crippen LogP contribution is 2.40. The number of aryl methyl sites for hydroxylation is 3. The van der Waals surface area contributed by atoms with E-state index in [4.69, 9.17) is 9.47 Å². The summed E-state index contributed by atoms with van der Waals surface area (Å²) in [5, 5.41) is 0. The molecule has 0 radical (unpaired) electrons. The van der Waals surface area contributed by atoms with Gasteiger partial charge in [-0.1, -0.05) is 17.7 Å². The SMILES string of the molecule is COC(=O)CC1(c2c(C)cc(C)cc2C)COC1. The van der Waals surface area contributed by atoms with Crippen LogP contribution in [0.4, 0.5) is 0 Å². The third-order valence-corrected chi connectivity index (χ3v) is 3.67.